The fraction of sp³-hybridized carbons (Fsp3) is 0.0667. The van der Waals surface area contributed by atoms with Gasteiger partial charge in [0.05, 0.1) is 0 Å². The van der Waals surface area contributed by atoms with Crippen molar-refractivity contribution in [2.45, 2.75) is 12.8 Å². The van der Waals surface area contributed by atoms with Crippen LogP contribution in [0.2, 0.25) is 0 Å². The molecule has 0 aliphatic heterocycles. The van der Waals surface area contributed by atoms with Gasteiger partial charge in [0, 0.05) is 0 Å². The molecule has 0 saturated carbocycles. The summed E-state index contributed by atoms with van der Waals surface area (Å²) >= 11 is -1.03. The molecule has 2 heterocycles. The van der Waals surface area contributed by atoms with E-state index in [1.807, 2.05) is 0 Å². The summed E-state index contributed by atoms with van der Waals surface area (Å²) in [6.07, 6.45) is 2.09. The van der Waals surface area contributed by atoms with E-state index in [-0.39, 0.29) is 24.8 Å². The van der Waals surface area contributed by atoms with Gasteiger partial charge in [-0.15, -0.1) is 0 Å². The van der Waals surface area contributed by atoms with Crippen LogP contribution in [0, 0.1) is 0 Å². The molecule has 2 aliphatic carbocycles. The van der Waals surface area contributed by atoms with Gasteiger partial charge in [-0.3, -0.25) is 0 Å². The zero-order chi connectivity index (χ0) is 21.5. The molecule has 0 amide bonds. The standard InChI is InChI=1S/2C15H10N.2ClH.Zr/c2*1-2-6-11-10(5-1)9-13-12-7-3-4-8-14(12)16-15(11)13;;;/h2*1-6,8,16H,9H2;2*1H;/q;;;;+2/p-2. The Kier molecular flexibility index (Phi) is 5.57. The van der Waals surface area contributed by atoms with Crippen molar-refractivity contribution in [3.63, 3.8) is 0 Å². The Hall–Kier alpha value is -2.58. The van der Waals surface area contributed by atoms with Gasteiger partial charge in [-0.2, -0.15) is 0 Å². The SMILES string of the molecule is [Cl-].[Cl-].c1ccc2c(c1)Cc1c-2[nH]c2ccc[c]([Zr+2][c]3cccc4[nH]c5c(c34)Cc3ccccc3-5)c12. The average molecular weight is 571 g/mol. The van der Waals surface area contributed by atoms with Gasteiger partial charge in [0.15, 0.2) is 0 Å². The molecule has 8 rings (SSSR count). The predicted molar refractivity (Wildman–Crippen MR) is 132 cm³/mol. The predicted octanol–water partition coefficient (Wildman–Crippen LogP) is -0.167. The maximum atomic E-state index is 3.77. The molecule has 2 aliphatic rings. The number of nitrogens with one attached hydrogen (secondary N) is 2. The molecule has 0 atom stereocenters. The molecule has 2 aromatic heterocycles. The first kappa shape index (κ1) is 22.9. The van der Waals surface area contributed by atoms with Gasteiger partial charge in [-0.25, -0.2) is 0 Å². The van der Waals surface area contributed by atoms with Gasteiger partial charge in [0.25, 0.3) is 0 Å². The van der Waals surface area contributed by atoms with Crippen molar-refractivity contribution in [3.05, 3.63) is 107 Å². The number of aromatic amines is 2. The Morgan fingerprint density at radius 3 is 1.46 bits per heavy atom. The van der Waals surface area contributed by atoms with Crippen LogP contribution >= 0.6 is 0 Å². The molecule has 2 nitrogen and oxygen atoms in total. The summed E-state index contributed by atoms with van der Waals surface area (Å²) in [5.74, 6) is 0. The van der Waals surface area contributed by atoms with Crippen LogP contribution in [0.15, 0.2) is 84.9 Å². The quantitative estimate of drug-likeness (QED) is 0.290. The molecule has 0 spiro atoms. The van der Waals surface area contributed by atoms with Crippen molar-refractivity contribution in [3.8, 4) is 22.5 Å². The molecule has 35 heavy (non-hydrogen) atoms. The Morgan fingerprint density at radius 1 is 0.514 bits per heavy atom. The van der Waals surface area contributed by atoms with Crippen LogP contribution in [0.3, 0.4) is 0 Å². The molecule has 0 saturated heterocycles. The summed E-state index contributed by atoms with van der Waals surface area (Å²) in [5.41, 5.74) is 13.9. The third-order valence-electron chi connectivity index (χ3n) is 7.43. The molecule has 0 bridgehead atoms. The minimum absolute atomic E-state index is 0. The van der Waals surface area contributed by atoms with Crippen molar-refractivity contribution in [2.24, 2.45) is 0 Å². The van der Waals surface area contributed by atoms with Crippen molar-refractivity contribution >= 4 is 28.3 Å². The summed E-state index contributed by atoms with van der Waals surface area (Å²) < 4.78 is 3.17. The number of aromatic nitrogens is 2. The van der Waals surface area contributed by atoms with Crippen LogP contribution in [0.4, 0.5) is 0 Å². The monoisotopic (exact) mass is 568 g/mol. The van der Waals surface area contributed by atoms with Crippen LogP contribution in [-0.2, 0) is 36.1 Å². The Morgan fingerprint density at radius 2 is 0.971 bits per heavy atom. The fourth-order valence-corrected chi connectivity index (χ4v) is 9.63. The van der Waals surface area contributed by atoms with Crippen LogP contribution < -0.4 is 31.4 Å². The summed E-state index contributed by atoms with van der Waals surface area (Å²) in [4.78, 5) is 7.53. The van der Waals surface area contributed by atoms with E-state index in [4.69, 9.17) is 0 Å². The van der Waals surface area contributed by atoms with Crippen molar-refractivity contribution in [1.29, 1.82) is 0 Å². The number of hydrogen-bond donors (Lipinski definition) is 2. The molecular weight excluding hydrogens is 550 g/mol. The molecule has 0 unspecified atom stereocenters. The molecule has 168 valence electrons. The number of hydrogen-bond acceptors (Lipinski definition) is 0. The second-order valence-electron chi connectivity index (χ2n) is 9.21. The third kappa shape index (κ3) is 3.25. The number of halogens is 2. The van der Waals surface area contributed by atoms with E-state index in [1.165, 1.54) is 66.6 Å². The maximum absolute atomic E-state index is 3.77. The number of rotatable bonds is 2. The van der Waals surface area contributed by atoms with Gasteiger partial charge >= 0.3 is 204 Å². The Labute approximate surface area is 227 Å². The van der Waals surface area contributed by atoms with Crippen molar-refractivity contribution in [1.82, 2.24) is 9.97 Å². The summed E-state index contributed by atoms with van der Waals surface area (Å²) in [6, 6.07) is 31.5. The van der Waals surface area contributed by atoms with E-state index in [2.05, 4.69) is 94.9 Å². The molecule has 0 radical (unpaired) electrons. The fourth-order valence-electron chi connectivity index (χ4n) is 6.02. The molecule has 6 aromatic rings. The first-order chi connectivity index (χ1) is 16.3. The van der Waals surface area contributed by atoms with E-state index in [0.29, 0.717) is 0 Å². The zero-order valence-corrected chi connectivity index (χ0v) is 22.7. The van der Waals surface area contributed by atoms with E-state index in [0.717, 1.165) is 12.8 Å². The second-order valence-corrected chi connectivity index (χ2v) is 12.5. The number of fused-ring (bicyclic) bond motifs is 10. The van der Waals surface area contributed by atoms with Crippen LogP contribution in [0.1, 0.15) is 22.3 Å². The first-order valence-corrected chi connectivity index (χ1v) is 14.0. The number of benzene rings is 4. The van der Waals surface area contributed by atoms with Gasteiger partial charge in [-0.1, -0.05) is 0 Å². The van der Waals surface area contributed by atoms with Crippen molar-refractivity contribution < 1.29 is 48.0 Å². The molecule has 0 fully saturated rings. The topological polar surface area (TPSA) is 31.6 Å². The van der Waals surface area contributed by atoms with Crippen LogP contribution in [-0.4, -0.2) is 9.97 Å². The minimum atomic E-state index is -1.03. The van der Waals surface area contributed by atoms with Crippen LogP contribution in [0.5, 0.6) is 0 Å². The molecule has 4 aromatic carbocycles. The van der Waals surface area contributed by atoms with Gasteiger partial charge < -0.3 is 24.8 Å². The van der Waals surface area contributed by atoms with Crippen LogP contribution in [0.25, 0.3) is 44.3 Å². The van der Waals surface area contributed by atoms with E-state index < -0.39 is 23.2 Å². The summed E-state index contributed by atoms with van der Waals surface area (Å²) in [6.45, 7) is 0. The average Bonchev–Trinajstić information content (AvgIpc) is 3.57. The second kappa shape index (κ2) is 8.52. The van der Waals surface area contributed by atoms with Crippen molar-refractivity contribution in [2.75, 3.05) is 0 Å². The van der Waals surface area contributed by atoms with Gasteiger partial charge in [0.2, 0.25) is 0 Å². The molecule has 5 heteroatoms. The van der Waals surface area contributed by atoms with Gasteiger partial charge in [-0.05, 0) is 0 Å². The summed E-state index contributed by atoms with van der Waals surface area (Å²) in [7, 11) is 0. The van der Waals surface area contributed by atoms with E-state index in [9.17, 15) is 0 Å². The van der Waals surface area contributed by atoms with E-state index in [1.54, 1.807) is 6.54 Å². The molecular formula is C30H20Cl2N2Zr. The third-order valence-corrected chi connectivity index (χ3v) is 10.8. The first-order valence-electron chi connectivity index (χ1n) is 11.6. The summed E-state index contributed by atoms with van der Waals surface area (Å²) in [5, 5.41) is 2.98. The molecule has 2 N–H and O–H groups in total. The zero-order valence-electron chi connectivity index (χ0n) is 18.8. The van der Waals surface area contributed by atoms with Gasteiger partial charge in [0.1, 0.15) is 0 Å². The normalized spacial score (nSPS) is 12.3. The Balaban J connectivity index is 0.00000114. The number of H-pyrrole nitrogens is 2. The van der Waals surface area contributed by atoms with E-state index >= 15 is 0 Å². The Bertz CT molecular complexity index is 1630.